The summed E-state index contributed by atoms with van der Waals surface area (Å²) < 4.78 is 27.6. The molecule has 3 aromatic carbocycles. The molecule has 5 nitrogen and oxygen atoms in total. The number of benzene rings is 3. The largest absolute Gasteiger partial charge is 0.350 e. The molecule has 0 saturated heterocycles. The summed E-state index contributed by atoms with van der Waals surface area (Å²) in [5.41, 5.74) is 3.77. The zero-order valence-electron chi connectivity index (χ0n) is 15.7. The highest BCUT2D eigenvalue weighted by molar-refractivity contribution is 7.93. The molecule has 1 amide bonds. The molecule has 0 unspecified atom stereocenters. The molecule has 7 heteroatoms. The number of carbonyl (C=O) groups excluding carboxylic acids is 1. The quantitative estimate of drug-likeness (QED) is 0.681. The Balaban J connectivity index is 1.64. The maximum atomic E-state index is 13.2. The number of fused-ring (bicyclic) bond motifs is 3. The molecule has 0 fully saturated rings. The molecule has 1 aliphatic rings. The SMILES string of the molecule is Cc1cccc(CNC(=O)CN2c3ccc(Cl)cc3-c3ccccc3S2(=O)=O)c1. The van der Waals surface area contributed by atoms with Crippen LogP contribution in [0.2, 0.25) is 5.02 Å². The maximum Gasteiger partial charge on any atom is 0.265 e. The number of halogens is 1. The maximum absolute atomic E-state index is 13.2. The van der Waals surface area contributed by atoms with E-state index in [4.69, 9.17) is 11.6 Å². The molecule has 3 aromatic rings. The van der Waals surface area contributed by atoms with E-state index in [1.165, 1.54) is 0 Å². The van der Waals surface area contributed by atoms with Crippen molar-refractivity contribution in [1.29, 1.82) is 0 Å². The summed E-state index contributed by atoms with van der Waals surface area (Å²) in [6.45, 7) is 2.00. The summed E-state index contributed by atoms with van der Waals surface area (Å²) in [6, 6.07) is 19.5. The summed E-state index contributed by atoms with van der Waals surface area (Å²) in [5, 5.41) is 3.31. The third kappa shape index (κ3) is 3.73. The number of hydrogen-bond donors (Lipinski definition) is 1. The summed E-state index contributed by atoms with van der Waals surface area (Å²) in [4.78, 5) is 12.8. The van der Waals surface area contributed by atoms with Crippen LogP contribution in [-0.2, 0) is 21.4 Å². The average Bonchev–Trinajstić information content (AvgIpc) is 2.70. The average molecular weight is 427 g/mol. The molecule has 0 spiro atoms. The second kappa shape index (κ2) is 7.54. The number of hydrogen-bond acceptors (Lipinski definition) is 3. The van der Waals surface area contributed by atoms with Gasteiger partial charge in [0.15, 0.2) is 0 Å². The molecule has 29 heavy (non-hydrogen) atoms. The third-order valence-corrected chi connectivity index (χ3v) is 6.88. The van der Waals surface area contributed by atoms with Crippen molar-refractivity contribution in [2.45, 2.75) is 18.4 Å². The van der Waals surface area contributed by atoms with Gasteiger partial charge in [-0.25, -0.2) is 8.42 Å². The van der Waals surface area contributed by atoms with Crippen molar-refractivity contribution in [1.82, 2.24) is 5.32 Å². The Morgan fingerprint density at radius 2 is 1.79 bits per heavy atom. The van der Waals surface area contributed by atoms with Gasteiger partial charge in [-0.15, -0.1) is 0 Å². The molecule has 1 N–H and O–H groups in total. The van der Waals surface area contributed by atoms with E-state index in [-0.39, 0.29) is 17.3 Å². The van der Waals surface area contributed by atoms with Crippen molar-refractivity contribution in [2.24, 2.45) is 0 Å². The fourth-order valence-corrected chi connectivity index (χ4v) is 5.30. The summed E-state index contributed by atoms with van der Waals surface area (Å²) >= 11 is 6.15. The molecule has 0 radical (unpaired) electrons. The van der Waals surface area contributed by atoms with Gasteiger partial charge in [-0.1, -0.05) is 59.6 Å². The highest BCUT2D eigenvalue weighted by Crippen LogP contribution is 2.43. The lowest BCUT2D eigenvalue weighted by atomic mass is 10.0. The van der Waals surface area contributed by atoms with E-state index >= 15 is 0 Å². The van der Waals surface area contributed by atoms with E-state index in [1.54, 1.807) is 42.5 Å². The predicted octanol–water partition coefficient (Wildman–Crippen LogP) is 4.14. The molecule has 0 saturated carbocycles. The Bertz CT molecular complexity index is 1210. The van der Waals surface area contributed by atoms with Crippen molar-refractivity contribution in [2.75, 3.05) is 10.8 Å². The molecule has 0 aliphatic carbocycles. The highest BCUT2D eigenvalue weighted by Gasteiger charge is 2.35. The first-order chi connectivity index (χ1) is 13.9. The first kappa shape index (κ1) is 19.5. The van der Waals surface area contributed by atoms with E-state index in [1.807, 2.05) is 31.2 Å². The minimum absolute atomic E-state index is 0.168. The van der Waals surface area contributed by atoms with Crippen molar-refractivity contribution in [3.63, 3.8) is 0 Å². The smallest absolute Gasteiger partial charge is 0.265 e. The topological polar surface area (TPSA) is 66.5 Å². The van der Waals surface area contributed by atoms with Crippen LogP contribution in [0.5, 0.6) is 0 Å². The number of carbonyl (C=O) groups is 1. The minimum atomic E-state index is -3.86. The third-order valence-electron chi connectivity index (χ3n) is 4.83. The number of nitrogens with zero attached hydrogens (tertiary/aromatic N) is 1. The number of amides is 1. The monoisotopic (exact) mass is 426 g/mol. The molecule has 0 bridgehead atoms. The van der Waals surface area contributed by atoms with Crippen LogP contribution in [0.4, 0.5) is 5.69 Å². The standard InChI is InChI=1S/C22H19ClN2O3S/c1-15-5-4-6-16(11-15)13-24-22(26)14-25-20-10-9-17(23)12-19(20)18-7-2-3-8-21(18)29(25,27)28/h2-12H,13-14H2,1H3,(H,24,26). The van der Waals surface area contributed by atoms with Gasteiger partial charge in [0.1, 0.15) is 6.54 Å². The Kier molecular flexibility index (Phi) is 5.06. The number of sulfonamides is 1. The fraction of sp³-hybridized carbons (Fsp3) is 0.136. The lowest BCUT2D eigenvalue weighted by Gasteiger charge is -2.31. The Morgan fingerprint density at radius 1 is 1.00 bits per heavy atom. The lowest BCUT2D eigenvalue weighted by Crippen LogP contribution is -2.42. The molecule has 0 atom stereocenters. The van der Waals surface area contributed by atoms with Crippen LogP contribution < -0.4 is 9.62 Å². The van der Waals surface area contributed by atoms with E-state index < -0.39 is 10.0 Å². The van der Waals surface area contributed by atoms with Gasteiger partial charge in [0.25, 0.3) is 10.0 Å². The molecule has 1 heterocycles. The van der Waals surface area contributed by atoms with Gasteiger partial charge in [-0.05, 0) is 36.8 Å². The normalized spacial score (nSPS) is 14.1. The van der Waals surface area contributed by atoms with E-state index in [2.05, 4.69) is 5.32 Å². The van der Waals surface area contributed by atoms with Crippen molar-refractivity contribution in [3.8, 4) is 11.1 Å². The van der Waals surface area contributed by atoms with Crippen LogP contribution in [0.25, 0.3) is 11.1 Å². The van der Waals surface area contributed by atoms with Gasteiger partial charge < -0.3 is 5.32 Å². The van der Waals surface area contributed by atoms with Crippen LogP contribution >= 0.6 is 11.6 Å². The number of rotatable bonds is 4. The van der Waals surface area contributed by atoms with Crippen molar-refractivity contribution >= 4 is 33.2 Å². The molecular formula is C22H19ClN2O3S. The van der Waals surface area contributed by atoms with Gasteiger partial charge >= 0.3 is 0 Å². The Labute approximate surface area is 175 Å². The van der Waals surface area contributed by atoms with Crippen LogP contribution in [-0.4, -0.2) is 20.9 Å². The molecular weight excluding hydrogens is 408 g/mol. The predicted molar refractivity (Wildman–Crippen MR) is 114 cm³/mol. The number of anilines is 1. The lowest BCUT2D eigenvalue weighted by molar-refractivity contribution is -0.119. The van der Waals surface area contributed by atoms with Crippen LogP contribution in [0, 0.1) is 6.92 Å². The number of nitrogens with one attached hydrogen (secondary N) is 1. The van der Waals surface area contributed by atoms with Crippen molar-refractivity contribution < 1.29 is 13.2 Å². The summed E-state index contributed by atoms with van der Waals surface area (Å²) in [7, 11) is -3.86. The van der Waals surface area contributed by atoms with Gasteiger partial charge in [-0.3, -0.25) is 9.10 Å². The molecule has 0 aromatic heterocycles. The molecule has 148 valence electrons. The van der Waals surface area contributed by atoms with E-state index in [0.29, 0.717) is 28.4 Å². The highest BCUT2D eigenvalue weighted by atomic mass is 35.5. The zero-order chi connectivity index (χ0) is 20.6. The van der Waals surface area contributed by atoms with Crippen LogP contribution in [0.15, 0.2) is 71.6 Å². The molecule has 1 aliphatic heterocycles. The fourth-order valence-electron chi connectivity index (χ4n) is 3.48. The Hall–Kier alpha value is -2.83. The zero-order valence-corrected chi connectivity index (χ0v) is 17.3. The second-order valence-electron chi connectivity index (χ2n) is 6.94. The first-order valence-electron chi connectivity index (χ1n) is 9.10. The number of aryl methyl sites for hydroxylation is 1. The van der Waals surface area contributed by atoms with E-state index in [9.17, 15) is 13.2 Å². The van der Waals surface area contributed by atoms with E-state index in [0.717, 1.165) is 15.4 Å². The van der Waals surface area contributed by atoms with Crippen LogP contribution in [0.1, 0.15) is 11.1 Å². The summed E-state index contributed by atoms with van der Waals surface area (Å²) in [5.74, 6) is -0.379. The minimum Gasteiger partial charge on any atom is -0.350 e. The van der Waals surface area contributed by atoms with Crippen LogP contribution in [0.3, 0.4) is 0 Å². The Morgan fingerprint density at radius 3 is 2.59 bits per heavy atom. The second-order valence-corrected chi connectivity index (χ2v) is 9.20. The molecule has 4 rings (SSSR count). The van der Waals surface area contributed by atoms with Crippen molar-refractivity contribution in [3.05, 3.63) is 82.9 Å². The van der Waals surface area contributed by atoms with Gasteiger partial charge in [0.2, 0.25) is 5.91 Å². The van der Waals surface area contributed by atoms with Gasteiger partial charge in [0, 0.05) is 22.7 Å². The van der Waals surface area contributed by atoms with Gasteiger partial charge in [-0.2, -0.15) is 0 Å². The first-order valence-corrected chi connectivity index (χ1v) is 10.9. The summed E-state index contributed by atoms with van der Waals surface area (Å²) in [6.07, 6.45) is 0. The van der Waals surface area contributed by atoms with Gasteiger partial charge in [0.05, 0.1) is 10.6 Å².